The smallest absolute Gasteiger partial charge is 0.338 e. The van der Waals surface area contributed by atoms with E-state index in [0.717, 1.165) is 11.1 Å². The van der Waals surface area contributed by atoms with Crippen molar-refractivity contribution < 1.29 is 23.5 Å². The Hall–Kier alpha value is -3.67. The Balaban J connectivity index is 1.57. The lowest BCUT2D eigenvalue weighted by Crippen LogP contribution is -2.15. The molecule has 1 amide bonds. The normalized spacial score (nSPS) is 10.4. The third kappa shape index (κ3) is 4.54. The van der Waals surface area contributed by atoms with E-state index in [1.165, 1.54) is 18.4 Å². The van der Waals surface area contributed by atoms with E-state index in [1.807, 2.05) is 26.0 Å². The molecular weight excluding hydrogens is 358 g/mol. The molecule has 3 rings (SSSR count). The summed E-state index contributed by atoms with van der Waals surface area (Å²) in [5, 5.41) is 2.65. The number of nitrogens with one attached hydrogen (secondary N) is 1. The molecule has 0 saturated heterocycles. The predicted octanol–water partition coefficient (Wildman–Crippen LogP) is 4.19. The maximum absolute atomic E-state index is 12.3. The molecule has 0 aliphatic rings. The van der Waals surface area contributed by atoms with Crippen LogP contribution in [-0.2, 0) is 4.74 Å². The molecule has 0 bridgehead atoms. The number of benzene rings is 2. The molecular formula is C22H19NO5. The van der Waals surface area contributed by atoms with Crippen molar-refractivity contribution in [3.05, 3.63) is 88.9 Å². The van der Waals surface area contributed by atoms with Gasteiger partial charge in [0.2, 0.25) is 5.78 Å². The molecule has 0 aliphatic carbocycles. The van der Waals surface area contributed by atoms with Crippen LogP contribution in [0.2, 0.25) is 0 Å². The Morgan fingerprint density at radius 3 is 2.39 bits per heavy atom. The van der Waals surface area contributed by atoms with Gasteiger partial charge in [-0.25, -0.2) is 4.79 Å². The predicted molar refractivity (Wildman–Crippen MR) is 104 cm³/mol. The molecule has 28 heavy (non-hydrogen) atoms. The topological polar surface area (TPSA) is 85.6 Å². The van der Waals surface area contributed by atoms with Gasteiger partial charge in [0.15, 0.2) is 12.4 Å². The number of esters is 1. The van der Waals surface area contributed by atoms with Crippen LogP contribution in [-0.4, -0.2) is 24.3 Å². The van der Waals surface area contributed by atoms with E-state index in [4.69, 9.17) is 9.15 Å². The highest BCUT2D eigenvalue weighted by molar-refractivity contribution is 6.03. The van der Waals surface area contributed by atoms with Gasteiger partial charge in [0.05, 0.1) is 11.8 Å². The Morgan fingerprint density at radius 2 is 1.75 bits per heavy atom. The molecule has 0 aliphatic heterocycles. The van der Waals surface area contributed by atoms with E-state index in [9.17, 15) is 14.4 Å². The molecule has 6 nitrogen and oxygen atoms in total. The first-order valence-corrected chi connectivity index (χ1v) is 8.66. The van der Waals surface area contributed by atoms with Gasteiger partial charge in [-0.2, -0.15) is 0 Å². The second kappa shape index (κ2) is 8.35. The first kappa shape index (κ1) is 19.1. The van der Waals surface area contributed by atoms with Gasteiger partial charge in [-0.05, 0) is 55.8 Å². The Kier molecular flexibility index (Phi) is 5.69. The summed E-state index contributed by atoms with van der Waals surface area (Å²) in [6.07, 6.45) is 1.41. The number of rotatable bonds is 6. The Bertz CT molecular complexity index is 1000. The SMILES string of the molecule is Cc1ccc(C(=O)COC(=O)c2ccc(NC(=O)c3ccco3)cc2)c(C)c1. The van der Waals surface area contributed by atoms with Gasteiger partial charge in [0.1, 0.15) is 0 Å². The van der Waals surface area contributed by atoms with Crippen LogP contribution in [0.15, 0.2) is 65.3 Å². The summed E-state index contributed by atoms with van der Waals surface area (Å²) in [6.45, 7) is 3.46. The average Bonchev–Trinajstić information content (AvgIpc) is 3.21. The van der Waals surface area contributed by atoms with Crippen LogP contribution in [0.4, 0.5) is 5.69 Å². The van der Waals surface area contributed by atoms with Crippen molar-refractivity contribution in [2.45, 2.75) is 13.8 Å². The standard InChI is InChI=1S/C22H19NO5/c1-14-5-10-18(15(2)12-14)19(24)13-28-22(26)16-6-8-17(9-7-16)23-21(25)20-4-3-11-27-20/h3-12H,13H2,1-2H3,(H,23,25). The number of aryl methyl sites for hydroxylation is 2. The number of ketones is 1. The zero-order valence-corrected chi connectivity index (χ0v) is 15.5. The number of furan rings is 1. The summed E-state index contributed by atoms with van der Waals surface area (Å²) >= 11 is 0. The Labute approximate surface area is 162 Å². The lowest BCUT2D eigenvalue weighted by atomic mass is 10.0. The van der Waals surface area contributed by atoms with Crippen LogP contribution in [0.5, 0.6) is 0 Å². The van der Waals surface area contributed by atoms with E-state index in [1.54, 1.807) is 30.3 Å². The van der Waals surface area contributed by atoms with Crippen LogP contribution in [0.1, 0.15) is 42.4 Å². The van der Waals surface area contributed by atoms with Crippen molar-refractivity contribution in [1.29, 1.82) is 0 Å². The summed E-state index contributed by atoms with van der Waals surface area (Å²) in [5.74, 6) is -1.07. The second-order valence-electron chi connectivity index (χ2n) is 6.33. The van der Waals surface area contributed by atoms with Crippen LogP contribution in [0.3, 0.4) is 0 Å². The lowest BCUT2D eigenvalue weighted by molar-refractivity contribution is 0.0474. The molecule has 0 saturated carbocycles. The van der Waals surface area contributed by atoms with Gasteiger partial charge < -0.3 is 14.5 Å². The van der Waals surface area contributed by atoms with E-state index >= 15 is 0 Å². The highest BCUT2D eigenvalue weighted by Gasteiger charge is 2.14. The highest BCUT2D eigenvalue weighted by Crippen LogP contribution is 2.14. The number of ether oxygens (including phenoxy) is 1. The quantitative estimate of drug-likeness (QED) is 0.514. The summed E-state index contributed by atoms with van der Waals surface area (Å²) in [5.41, 5.74) is 3.23. The van der Waals surface area contributed by atoms with Gasteiger partial charge in [0, 0.05) is 11.3 Å². The van der Waals surface area contributed by atoms with Crippen LogP contribution >= 0.6 is 0 Å². The molecule has 3 aromatic rings. The molecule has 1 aromatic heterocycles. The van der Waals surface area contributed by atoms with Gasteiger partial charge in [0.25, 0.3) is 5.91 Å². The zero-order chi connectivity index (χ0) is 20.1. The maximum atomic E-state index is 12.3. The fourth-order valence-electron chi connectivity index (χ4n) is 2.71. The van der Waals surface area contributed by atoms with Crippen LogP contribution < -0.4 is 5.32 Å². The van der Waals surface area contributed by atoms with Gasteiger partial charge in [-0.1, -0.05) is 23.8 Å². The molecule has 0 spiro atoms. The molecule has 0 unspecified atom stereocenters. The summed E-state index contributed by atoms with van der Waals surface area (Å²) < 4.78 is 10.1. The molecule has 2 aromatic carbocycles. The molecule has 6 heteroatoms. The highest BCUT2D eigenvalue weighted by atomic mass is 16.5. The largest absolute Gasteiger partial charge is 0.459 e. The maximum Gasteiger partial charge on any atom is 0.338 e. The first-order chi connectivity index (χ1) is 13.4. The lowest BCUT2D eigenvalue weighted by Gasteiger charge is -2.08. The van der Waals surface area contributed by atoms with E-state index < -0.39 is 5.97 Å². The average molecular weight is 377 g/mol. The number of hydrogen-bond donors (Lipinski definition) is 1. The summed E-state index contributed by atoms with van der Waals surface area (Å²) in [4.78, 5) is 36.4. The van der Waals surface area contributed by atoms with Crippen molar-refractivity contribution in [3.63, 3.8) is 0 Å². The van der Waals surface area contributed by atoms with Gasteiger partial charge in [-0.15, -0.1) is 0 Å². The summed E-state index contributed by atoms with van der Waals surface area (Å²) in [6, 6.07) is 14.8. The van der Waals surface area contributed by atoms with Crippen molar-refractivity contribution in [2.75, 3.05) is 11.9 Å². The number of carbonyl (C=O) groups excluding carboxylic acids is 3. The monoisotopic (exact) mass is 377 g/mol. The fourth-order valence-corrected chi connectivity index (χ4v) is 2.71. The minimum absolute atomic E-state index is 0.188. The van der Waals surface area contributed by atoms with Crippen LogP contribution in [0.25, 0.3) is 0 Å². The minimum atomic E-state index is -0.609. The number of amides is 1. The number of Topliss-reactive ketones (excluding diaryl/α,β-unsaturated/α-hetero) is 1. The summed E-state index contributed by atoms with van der Waals surface area (Å²) in [7, 11) is 0. The van der Waals surface area contributed by atoms with Gasteiger partial charge >= 0.3 is 5.97 Å². The van der Waals surface area contributed by atoms with Crippen LogP contribution in [0, 0.1) is 13.8 Å². The number of carbonyl (C=O) groups is 3. The number of hydrogen-bond acceptors (Lipinski definition) is 5. The molecule has 1 N–H and O–H groups in total. The van der Waals surface area contributed by atoms with Crippen molar-refractivity contribution in [2.24, 2.45) is 0 Å². The molecule has 142 valence electrons. The molecule has 0 radical (unpaired) electrons. The van der Waals surface area contributed by atoms with E-state index in [0.29, 0.717) is 11.3 Å². The second-order valence-corrected chi connectivity index (χ2v) is 6.33. The molecule has 0 atom stereocenters. The third-order valence-electron chi connectivity index (χ3n) is 4.14. The van der Waals surface area contributed by atoms with Crippen molar-refractivity contribution in [3.8, 4) is 0 Å². The fraction of sp³-hybridized carbons (Fsp3) is 0.136. The zero-order valence-electron chi connectivity index (χ0n) is 15.5. The minimum Gasteiger partial charge on any atom is -0.459 e. The molecule has 1 heterocycles. The van der Waals surface area contributed by atoms with E-state index in [2.05, 4.69) is 5.32 Å². The third-order valence-corrected chi connectivity index (χ3v) is 4.14. The molecule has 0 fully saturated rings. The Morgan fingerprint density at radius 1 is 1.00 bits per heavy atom. The number of anilines is 1. The van der Waals surface area contributed by atoms with Gasteiger partial charge in [-0.3, -0.25) is 9.59 Å². The first-order valence-electron chi connectivity index (χ1n) is 8.66. The van der Waals surface area contributed by atoms with E-state index in [-0.39, 0.29) is 29.6 Å². The van der Waals surface area contributed by atoms with Crippen molar-refractivity contribution in [1.82, 2.24) is 0 Å². The van der Waals surface area contributed by atoms with Crippen molar-refractivity contribution >= 4 is 23.3 Å².